The molecule has 2 heterocycles. The monoisotopic (exact) mass is 250 g/mol. The fourth-order valence-corrected chi connectivity index (χ4v) is 2.42. The molecule has 2 rings (SSSR count). The molecule has 1 aromatic heterocycles. The first kappa shape index (κ1) is 12.0. The van der Waals surface area contributed by atoms with Gasteiger partial charge in [-0.25, -0.2) is 4.98 Å². The number of carbonyl (C=O) groups is 1. The minimum Gasteiger partial charge on any atom is -0.335 e. The third-order valence-corrected chi connectivity index (χ3v) is 3.57. The summed E-state index contributed by atoms with van der Waals surface area (Å²) >= 11 is 1.49. The summed E-state index contributed by atoms with van der Waals surface area (Å²) in [7, 11) is 0. The minimum absolute atomic E-state index is 0.00552. The maximum atomic E-state index is 12.1. The van der Waals surface area contributed by atoms with Crippen LogP contribution in [0.3, 0.4) is 0 Å². The van der Waals surface area contributed by atoms with E-state index in [1.807, 2.05) is 11.8 Å². The average molecular weight is 250 g/mol. The van der Waals surface area contributed by atoms with E-state index in [-0.39, 0.29) is 5.91 Å². The summed E-state index contributed by atoms with van der Waals surface area (Å²) in [6, 6.07) is 2.13. The molecule has 1 aliphatic heterocycles. The highest BCUT2D eigenvalue weighted by atomic mass is 32.1. The van der Waals surface area contributed by atoms with E-state index in [1.54, 1.807) is 5.38 Å². The summed E-state index contributed by atoms with van der Waals surface area (Å²) in [5, 5.41) is 11.3. The van der Waals surface area contributed by atoms with Crippen molar-refractivity contribution in [1.82, 2.24) is 14.8 Å². The molecule has 1 aliphatic rings. The van der Waals surface area contributed by atoms with Crippen molar-refractivity contribution in [2.24, 2.45) is 0 Å². The van der Waals surface area contributed by atoms with Gasteiger partial charge in [0.15, 0.2) is 0 Å². The van der Waals surface area contributed by atoms with Gasteiger partial charge in [0.05, 0.1) is 17.6 Å². The number of amides is 1. The van der Waals surface area contributed by atoms with Crippen molar-refractivity contribution in [3.8, 4) is 6.07 Å². The zero-order valence-corrected chi connectivity index (χ0v) is 10.5. The average Bonchev–Trinajstić information content (AvgIpc) is 2.76. The number of carbonyl (C=O) groups excluding carboxylic acids is 1. The van der Waals surface area contributed by atoms with Gasteiger partial charge < -0.3 is 4.90 Å². The van der Waals surface area contributed by atoms with Crippen molar-refractivity contribution in [3.63, 3.8) is 0 Å². The predicted molar refractivity (Wildman–Crippen MR) is 64.8 cm³/mol. The quantitative estimate of drug-likeness (QED) is 0.726. The van der Waals surface area contributed by atoms with Crippen molar-refractivity contribution in [1.29, 1.82) is 5.26 Å². The van der Waals surface area contributed by atoms with E-state index in [0.717, 1.165) is 18.1 Å². The SMILES string of the molecule is Cc1nc(C(=O)N2CCN(CC#N)CC2)cs1. The van der Waals surface area contributed by atoms with E-state index in [9.17, 15) is 4.79 Å². The van der Waals surface area contributed by atoms with Gasteiger partial charge >= 0.3 is 0 Å². The lowest BCUT2D eigenvalue weighted by Crippen LogP contribution is -2.48. The predicted octanol–water partition coefficient (Wildman–Crippen LogP) is 0.733. The zero-order valence-electron chi connectivity index (χ0n) is 9.72. The number of hydrogen-bond donors (Lipinski definition) is 0. The molecule has 0 bridgehead atoms. The Balaban J connectivity index is 1.93. The Bertz CT molecular complexity index is 443. The van der Waals surface area contributed by atoms with Crippen molar-refractivity contribution >= 4 is 17.2 Å². The van der Waals surface area contributed by atoms with Crippen LogP contribution in [0.1, 0.15) is 15.5 Å². The smallest absolute Gasteiger partial charge is 0.273 e. The maximum Gasteiger partial charge on any atom is 0.273 e. The van der Waals surface area contributed by atoms with E-state index in [2.05, 4.69) is 16.0 Å². The number of aromatic nitrogens is 1. The molecule has 1 aromatic rings. The molecule has 0 unspecified atom stereocenters. The number of nitriles is 1. The molecule has 1 fully saturated rings. The van der Waals surface area contributed by atoms with E-state index >= 15 is 0 Å². The maximum absolute atomic E-state index is 12.1. The Hall–Kier alpha value is -1.45. The minimum atomic E-state index is 0.00552. The van der Waals surface area contributed by atoms with Crippen LogP contribution in [-0.4, -0.2) is 53.4 Å². The van der Waals surface area contributed by atoms with Gasteiger partial charge in [0.1, 0.15) is 5.69 Å². The Morgan fingerprint density at radius 3 is 2.76 bits per heavy atom. The van der Waals surface area contributed by atoms with Crippen molar-refractivity contribution in [3.05, 3.63) is 16.1 Å². The molecule has 1 amide bonds. The molecule has 0 aromatic carbocycles. The van der Waals surface area contributed by atoms with Crippen LogP contribution in [0.5, 0.6) is 0 Å². The lowest BCUT2D eigenvalue weighted by atomic mass is 10.3. The first-order valence-electron chi connectivity index (χ1n) is 5.51. The summed E-state index contributed by atoms with van der Waals surface area (Å²) in [6.45, 7) is 5.23. The van der Waals surface area contributed by atoms with E-state index in [1.165, 1.54) is 11.3 Å². The topological polar surface area (TPSA) is 60.2 Å². The van der Waals surface area contributed by atoms with Gasteiger partial charge in [-0.1, -0.05) is 0 Å². The van der Waals surface area contributed by atoms with Crippen LogP contribution in [0.25, 0.3) is 0 Å². The first-order valence-corrected chi connectivity index (χ1v) is 6.39. The molecule has 17 heavy (non-hydrogen) atoms. The molecule has 0 atom stereocenters. The van der Waals surface area contributed by atoms with E-state index in [0.29, 0.717) is 25.3 Å². The molecule has 0 saturated carbocycles. The van der Waals surface area contributed by atoms with Crippen molar-refractivity contribution in [2.45, 2.75) is 6.92 Å². The van der Waals surface area contributed by atoms with Crippen LogP contribution >= 0.6 is 11.3 Å². The molecular weight excluding hydrogens is 236 g/mol. The number of hydrogen-bond acceptors (Lipinski definition) is 5. The van der Waals surface area contributed by atoms with Crippen LogP contribution in [0, 0.1) is 18.3 Å². The second-order valence-electron chi connectivity index (χ2n) is 3.98. The molecule has 0 radical (unpaired) electrons. The molecule has 1 saturated heterocycles. The fraction of sp³-hybridized carbons (Fsp3) is 0.545. The molecule has 6 heteroatoms. The Labute approximate surface area is 104 Å². The van der Waals surface area contributed by atoms with Crippen molar-refractivity contribution < 1.29 is 4.79 Å². The first-order chi connectivity index (χ1) is 8.20. The van der Waals surface area contributed by atoms with Crippen LogP contribution in [0.15, 0.2) is 5.38 Å². The Kier molecular flexibility index (Phi) is 3.71. The number of rotatable bonds is 2. The van der Waals surface area contributed by atoms with Crippen LogP contribution in [0.4, 0.5) is 0 Å². The largest absolute Gasteiger partial charge is 0.335 e. The molecule has 90 valence electrons. The molecule has 0 N–H and O–H groups in total. The van der Waals surface area contributed by atoms with Crippen molar-refractivity contribution in [2.75, 3.05) is 32.7 Å². The summed E-state index contributed by atoms with van der Waals surface area (Å²) in [6.07, 6.45) is 0. The lowest BCUT2D eigenvalue weighted by molar-refractivity contribution is 0.0646. The lowest BCUT2D eigenvalue weighted by Gasteiger charge is -2.32. The highest BCUT2D eigenvalue weighted by Crippen LogP contribution is 2.12. The summed E-state index contributed by atoms with van der Waals surface area (Å²) < 4.78 is 0. The summed E-state index contributed by atoms with van der Waals surface area (Å²) in [4.78, 5) is 20.1. The second-order valence-corrected chi connectivity index (χ2v) is 5.04. The Morgan fingerprint density at radius 1 is 1.53 bits per heavy atom. The highest BCUT2D eigenvalue weighted by molar-refractivity contribution is 7.09. The molecule has 0 aliphatic carbocycles. The zero-order chi connectivity index (χ0) is 12.3. The number of piperazine rings is 1. The third kappa shape index (κ3) is 2.81. The molecule has 5 nitrogen and oxygen atoms in total. The van der Waals surface area contributed by atoms with Gasteiger partial charge in [-0.2, -0.15) is 5.26 Å². The van der Waals surface area contributed by atoms with Gasteiger partial charge in [0.2, 0.25) is 0 Å². The normalized spacial score (nSPS) is 16.8. The van der Waals surface area contributed by atoms with Crippen LogP contribution < -0.4 is 0 Å². The highest BCUT2D eigenvalue weighted by Gasteiger charge is 2.23. The van der Waals surface area contributed by atoms with Gasteiger partial charge in [-0.15, -0.1) is 11.3 Å². The van der Waals surface area contributed by atoms with E-state index < -0.39 is 0 Å². The number of aryl methyl sites for hydroxylation is 1. The van der Waals surface area contributed by atoms with E-state index in [4.69, 9.17) is 5.26 Å². The van der Waals surface area contributed by atoms with Gasteiger partial charge in [0, 0.05) is 31.6 Å². The van der Waals surface area contributed by atoms with Crippen LogP contribution in [0.2, 0.25) is 0 Å². The standard InChI is InChI=1S/C11H14N4OS/c1-9-13-10(8-17-9)11(16)15-6-4-14(3-2-12)5-7-15/h8H,3-7H2,1H3. The molecular formula is C11H14N4OS. The van der Waals surface area contributed by atoms with Gasteiger partial charge in [-0.3, -0.25) is 9.69 Å². The third-order valence-electron chi connectivity index (χ3n) is 2.79. The summed E-state index contributed by atoms with van der Waals surface area (Å²) in [5.41, 5.74) is 0.543. The van der Waals surface area contributed by atoms with Gasteiger partial charge in [0.25, 0.3) is 5.91 Å². The molecule has 0 spiro atoms. The Morgan fingerprint density at radius 2 is 2.24 bits per heavy atom. The fourth-order valence-electron chi connectivity index (χ4n) is 1.83. The van der Waals surface area contributed by atoms with Gasteiger partial charge in [-0.05, 0) is 6.92 Å². The summed E-state index contributed by atoms with van der Waals surface area (Å²) in [5.74, 6) is 0.00552. The number of nitrogens with zero attached hydrogens (tertiary/aromatic N) is 4. The second kappa shape index (κ2) is 5.25. The van der Waals surface area contributed by atoms with Crippen LogP contribution in [-0.2, 0) is 0 Å². The number of thiazole rings is 1.